The Balaban J connectivity index is -0.00000180. The van der Waals surface area contributed by atoms with Gasteiger partial charge in [-0.3, -0.25) is 29.0 Å². The summed E-state index contributed by atoms with van der Waals surface area (Å²) >= 11 is 0. The van der Waals surface area contributed by atoms with Crippen LogP contribution in [0.1, 0.15) is 7.43 Å². The zero-order valence-electron chi connectivity index (χ0n) is 11.1. The summed E-state index contributed by atoms with van der Waals surface area (Å²) in [6, 6.07) is 0. The zero-order chi connectivity index (χ0) is 15.7. The molecule has 0 aromatic rings. The Bertz CT molecular complexity index is 322. The molecule has 126 valence electrons. The molecule has 0 aliphatic carbocycles. The first kappa shape index (κ1) is 25.5. The number of hydrogen-bond acceptors (Lipinski definition) is 6. The predicted molar refractivity (Wildman–Crippen MR) is 70.2 cm³/mol. The fraction of sp³-hybridized carbons (Fsp3) is 0.636. The molecule has 10 nitrogen and oxygen atoms in total. The Hall–Kier alpha value is -1.49. The van der Waals surface area contributed by atoms with Gasteiger partial charge in [0.25, 0.3) is 0 Å². The summed E-state index contributed by atoms with van der Waals surface area (Å²) in [5, 5.41) is 34.5. The minimum absolute atomic E-state index is 0. The van der Waals surface area contributed by atoms with Crippen LogP contribution >= 0.6 is 0 Å². The van der Waals surface area contributed by atoms with Crippen LogP contribution in [0.2, 0.25) is 0 Å². The van der Waals surface area contributed by atoms with Gasteiger partial charge in [0, 0.05) is 34.8 Å². The van der Waals surface area contributed by atoms with E-state index in [1.807, 2.05) is 0 Å². The molecule has 0 rings (SSSR count). The van der Waals surface area contributed by atoms with Gasteiger partial charge in [0.1, 0.15) is 0 Å². The van der Waals surface area contributed by atoms with Gasteiger partial charge >= 0.3 is 23.9 Å². The van der Waals surface area contributed by atoms with E-state index in [-0.39, 0.29) is 42.2 Å². The second-order valence-electron chi connectivity index (χ2n) is 4.00. The molecular formula is C11H20N2O8Ti. The number of carbonyl (C=O) groups is 4. The Morgan fingerprint density at radius 2 is 0.773 bits per heavy atom. The van der Waals surface area contributed by atoms with Crippen molar-refractivity contribution in [1.29, 1.82) is 0 Å². The summed E-state index contributed by atoms with van der Waals surface area (Å²) in [7, 11) is 0. The molecule has 0 saturated heterocycles. The van der Waals surface area contributed by atoms with E-state index in [1.165, 1.54) is 0 Å². The van der Waals surface area contributed by atoms with E-state index in [0.29, 0.717) is 0 Å². The molecule has 0 bridgehead atoms. The first-order chi connectivity index (χ1) is 9.20. The molecule has 0 saturated carbocycles. The van der Waals surface area contributed by atoms with Crippen LogP contribution in [0.4, 0.5) is 0 Å². The average Bonchev–Trinajstić information content (AvgIpc) is 2.22. The number of rotatable bonds is 11. The van der Waals surface area contributed by atoms with Crippen molar-refractivity contribution in [3.63, 3.8) is 0 Å². The number of aliphatic carboxylic acids is 4. The van der Waals surface area contributed by atoms with Crippen molar-refractivity contribution < 1.29 is 61.3 Å². The SMILES string of the molecule is C.O=C(O)CN(CCN(CC(=O)O)CC(=O)O)CC(=O)O.[Ti]. The van der Waals surface area contributed by atoms with E-state index in [4.69, 9.17) is 20.4 Å². The monoisotopic (exact) mass is 356 g/mol. The van der Waals surface area contributed by atoms with E-state index in [2.05, 4.69) is 0 Å². The largest absolute Gasteiger partial charge is 0.480 e. The molecule has 0 aliphatic rings. The summed E-state index contributed by atoms with van der Waals surface area (Å²) in [6.07, 6.45) is 0. The van der Waals surface area contributed by atoms with E-state index in [9.17, 15) is 19.2 Å². The van der Waals surface area contributed by atoms with E-state index in [1.54, 1.807) is 0 Å². The quantitative estimate of drug-likeness (QED) is 0.323. The van der Waals surface area contributed by atoms with Crippen LogP contribution in [-0.4, -0.2) is 93.4 Å². The van der Waals surface area contributed by atoms with Gasteiger partial charge in [-0.05, 0) is 0 Å². The van der Waals surface area contributed by atoms with Crippen molar-refractivity contribution >= 4 is 23.9 Å². The maximum absolute atomic E-state index is 10.6. The molecular weight excluding hydrogens is 336 g/mol. The standard InChI is InChI=1S/C10H16N2O8.CH4.Ti/c13-7(14)3-11(4-8(15)16)1-2-12(5-9(17)18)6-10(19)20;;/h1-6H2,(H,13,14)(H,15,16)(H,17,18)(H,19,20);1H4;. The van der Waals surface area contributed by atoms with E-state index < -0.39 is 50.1 Å². The molecule has 0 radical (unpaired) electrons. The third kappa shape index (κ3) is 14.9. The summed E-state index contributed by atoms with van der Waals surface area (Å²) in [5.41, 5.74) is 0. The Morgan fingerprint density at radius 1 is 0.591 bits per heavy atom. The average molecular weight is 356 g/mol. The van der Waals surface area contributed by atoms with Crippen molar-refractivity contribution in [2.45, 2.75) is 7.43 Å². The van der Waals surface area contributed by atoms with E-state index in [0.717, 1.165) is 9.80 Å². The van der Waals surface area contributed by atoms with Crippen LogP contribution in [0.5, 0.6) is 0 Å². The molecule has 0 heterocycles. The van der Waals surface area contributed by atoms with E-state index >= 15 is 0 Å². The summed E-state index contributed by atoms with van der Waals surface area (Å²) < 4.78 is 0. The number of carboxylic acids is 4. The van der Waals surface area contributed by atoms with Gasteiger partial charge in [-0.15, -0.1) is 0 Å². The smallest absolute Gasteiger partial charge is 0.317 e. The van der Waals surface area contributed by atoms with Gasteiger partial charge in [-0.25, -0.2) is 0 Å². The molecule has 0 amide bonds. The fourth-order valence-corrected chi connectivity index (χ4v) is 1.48. The molecule has 0 fully saturated rings. The topological polar surface area (TPSA) is 156 Å². The molecule has 0 atom stereocenters. The van der Waals surface area contributed by atoms with Crippen molar-refractivity contribution in [3.05, 3.63) is 0 Å². The third-order valence-electron chi connectivity index (χ3n) is 2.17. The summed E-state index contributed by atoms with van der Waals surface area (Å²) in [4.78, 5) is 44.4. The van der Waals surface area contributed by atoms with Gasteiger partial charge in [0.05, 0.1) is 26.2 Å². The molecule has 11 heteroatoms. The van der Waals surface area contributed by atoms with Gasteiger partial charge in [0.2, 0.25) is 0 Å². The Morgan fingerprint density at radius 3 is 0.909 bits per heavy atom. The molecule has 22 heavy (non-hydrogen) atoms. The second kappa shape index (κ2) is 13.2. The van der Waals surface area contributed by atoms with Crippen LogP contribution in [0.25, 0.3) is 0 Å². The minimum Gasteiger partial charge on any atom is -0.480 e. The van der Waals surface area contributed by atoms with Gasteiger partial charge < -0.3 is 20.4 Å². The Kier molecular flexibility index (Phi) is 15.3. The molecule has 0 spiro atoms. The molecule has 4 N–H and O–H groups in total. The van der Waals surface area contributed by atoms with Crippen LogP contribution in [0.15, 0.2) is 0 Å². The maximum atomic E-state index is 10.6. The zero-order valence-corrected chi connectivity index (χ0v) is 12.6. The third-order valence-corrected chi connectivity index (χ3v) is 2.17. The maximum Gasteiger partial charge on any atom is 0.317 e. The first-order valence-electron chi connectivity index (χ1n) is 5.52. The van der Waals surface area contributed by atoms with Crippen molar-refractivity contribution in [2.75, 3.05) is 39.3 Å². The number of nitrogens with zero attached hydrogens (tertiary/aromatic N) is 2. The molecule has 0 unspecified atom stereocenters. The fourth-order valence-electron chi connectivity index (χ4n) is 1.48. The summed E-state index contributed by atoms with van der Waals surface area (Å²) in [5.74, 6) is -4.91. The van der Waals surface area contributed by atoms with Crippen molar-refractivity contribution in [3.8, 4) is 0 Å². The Labute approximate surface area is 142 Å². The van der Waals surface area contributed by atoms with Crippen LogP contribution in [0, 0.1) is 0 Å². The number of hydrogen-bond donors (Lipinski definition) is 4. The second-order valence-corrected chi connectivity index (χ2v) is 4.00. The molecule has 0 aromatic carbocycles. The van der Waals surface area contributed by atoms with Crippen molar-refractivity contribution in [1.82, 2.24) is 9.80 Å². The molecule has 0 aromatic heterocycles. The predicted octanol–water partition coefficient (Wildman–Crippen LogP) is -1.44. The van der Waals surface area contributed by atoms with Gasteiger partial charge in [-0.1, -0.05) is 7.43 Å². The summed E-state index contributed by atoms with van der Waals surface area (Å²) in [6.45, 7) is -2.25. The first-order valence-corrected chi connectivity index (χ1v) is 5.52. The van der Waals surface area contributed by atoms with Crippen molar-refractivity contribution in [2.24, 2.45) is 0 Å². The number of carboxylic acid groups (broad SMARTS) is 4. The van der Waals surface area contributed by atoms with Gasteiger partial charge in [-0.2, -0.15) is 0 Å². The van der Waals surface area contributed by atoms with Crippen LogP contribution < -0.4 is 0 Å². The normalized spacial score (nSPS) is 9.73. The molecule has 0 aliphatic heterocycles. The van der Waals surface area contributed by atoms with Crippen LogP contribution in [-0.2, 0) is 40.9 Å². The minimum atomic E-state index is -1.23. The van der Waals surface area contributed by atoms with Crippen LogP contribution in [0.3, 0.4) is 0 Å². The van der Waals surface area contributed by atoms with Gasteiger partial charge in [0.15, 0.2) is 0 Å².